The lowest BCUT2D eigenvalue weighted by molar-refractivity contribution is -0.136. The van der Waals surface area contributed by atoms with E-state index in [1.807, 2.05) is 0 Å². The van der Waals surface area contributed by atoms with Gasteiger partial charge in [0, 0.05) is 13.0 Å². The molecule has 0 unspecified atom stereocenters. The molecule has 2 aromatic rings. The second-order valence-corrected chi connectivity index (χ2v) is 8.63. The fourth-order valence-corrected chi connectivity index (χ4v) is 4.06. The first-order valence-corrected chi connectivity index (χ1v) is 10.8. The molecule has 2 rings (SSSR count). The molecule has 0 radical (unpaired) electrons. The van der Waals surface area contributed by atoms with E-state index in [2.05, 4.69) is 0 Å². The van der Waals surface area contributed by atoms with Crippen molar-refractivity contribution in [2.24, 2.45) is 0 Å². The lowest BCUT2D eigenvalue weighted by Gasteiger charge is -2.21. The monoisotopic (exact) mass is 476 g/mol. The predicted molar refractivity (Wildman–Crippen MR) is 108 cm³/mol. The first-order valence-electron chi connectivity index (χ1n) is 9.41. The lowest BCUT2D eigenvalue weighted by Crippen LogP contribution is -2.39. The zero-order valence-corrected chi connectivity index (χ0v) is 17.9. The molecule has 0 aromatic heterocycles. The van der Waals surface area contributed by atoms with Crippen molar-refractivity contribution in [2.75, 3.05) is 20.3 Å². The second-order valence-electron chi connectivity index (χ2n) is 6.69. The van der Waals surface area contributed by atoms with Crippen LogP contribution in [0.15, 0.2) is 53.4 Å². The summed E-state index contributed by atoms with van der Waals surface area (Å²) in [6, 6.07) is 11.6. The van der Waals surface area contributed by atoms with Crippen molar-refractivity contribution >= 4 is 15.9 Å². The van der Waals surface area contributed by atoms with Crippen LogP contribution in [-0.2, 0) is 21.4 Å². The van der Waals surface area contributed by atoms with Gasteiger partial charge in [0.05, 0.1) is 25.2 Å². The summed E-state index contributed by atoms with van der Waals surface area (Å²) in [6.07, 6.45) is -5.47. The van der Waals surface area contributed by atoms with Gasteiger partial charge in [-0.15, -0.1) is 0 Å². The Labute approximate surface area is 183 Å². The van der Waals surface area contributed by atoms with Gasteiger partial charge < -0.3 is 9.47 Å². The third-order valence-corrected chi connectivity index (χ3v) is 6.10. The quantitative estimate of drug-likeness (QED) is 0.293. The average Bonchev–Trinajstić information content (AvgIpc) is 2.76. The van der Waals surface area contributed by atoms with Gasteiger partial charge in [-0.1, -0.05) is 12.1 Å². The molecule has 2 aromatic carbocycles. The van der Waals surface area contributed by atoms with E-state index < -0.39 is 35.1 Å². The first-order chi connectivity index (χ1) is 15.0. The van der Waals surface area contributed by atoms with Crippen LogP contribution >= 0.6 is 0 Å². The van der Waals surface area contributed by atoms with Gasteiger partial charge in [-0.3, -0.25) is 10.0 Å². The first kappa shape index (κ1) is 25.4. The molecule has 0 saturated heterocycles. The number of rotatable bonds is 11. The smallest absolute Gasteiger partial charge is 0.389 e. The summed E-state index contributed by atoms with van der Waals surface area (Å²) in [6.45, 7) is -0.970. The summed E-state index contributed by atoms with van der Waals surface area (Å²) >= 11 is 0. The minimum atomic E-state index is -4.27. The van der Waals surface area contributed by atoms with Crippen molar-refractivity contribution in [3.8, 4) is 11.5 Å². The number of hydrogen-bond donors (Lipinski definition) is 2. The molecule has 0 aliphatic rings. The summed E-state index contributed by atoms with van der Waals surface area (Å²) in [5.74, 6) is -0.144. The van der Waals surface area contributed by atoms with E-state index in [0.29, 0.717) is 11.3 Å². The lowest BCUT2D eigenvalue weighted by atomic mass is 10.2. The zero-order valence-electron chi connectivity index (χ0n) is 17.1. The van der Waals surface area contributed by atoms with Crippen LogP contribution in [0.5, 0.6) is 11.5 Å². The second kappa shape index (κ2) is 11.2. The molecular formula is C20H23F3N2O6S. The molecule has 32 heavy (non-hydrogen) atoms. The molecule has 0 heterocycles. The Balaban J connectivity index is 2.14. The Kier molecular flexibility index (Phi) is 8.87. The molecule has 1 amide bonds. The highest BCUT2D eigenvalue weighted by molar-refractivity contribution is 7.89. The molecule has 0 atom stereocenters. The Morgan fingerprint density at radius 2 is 1.66 bits per heavy atom. The maximum absolute atomic E-state index is 13.1. The van der Waals surface area contributed by atoms with Gasteiger partial charge in [0.1, 0.15) is 11.5 Å². The number of carbonyl (C=O) groups is 1. The van der Waals surface area contributed by atoms with Crippen molar-refractivity contribution in [3.05, 3.63) is 54.1 Å². The zero-order chi connectivity index (χ0) is 23.8. The maximum atomic E-state index is 13.1. The number of ether oxygens (including phenoxy) is 2. The molecule has 12 heteroatoms. The number of benzene rings is 2. The molecule has 2 N–H and O–H groups in total. The fraction of sp³-hybridized carbons (Fsp3) is 0.350. The largest absolute Gasteiger partial charge is 0.497 e. The number of amides is 1. The Hall–Kier alpha value is -2.83. The fourth-order valence-electron chi connectivity index (χ4n) is 2.68. The highest BCUT2D eigenvalue weighted by Gasteiger charge is 2.28. The van der Waals surface area contributed by atoms with E-state index in [9.17, 15) is 26.4 Å². The molecule has 0 spiro atoms. The third-order valence-electron chi connectivity index (χ3n) is 4.30. The van der Waals surface area contributed by atoms with Gasteiger partial charge >= 0.3 is 6.18 Å². The van der Waals surface area contributed by atoms with E-state index >= 15 is 0 Å². The maximum Gasteiger partial charge on any atom is 0.389 e. The number of halogens is 3. The van der Waals surface area contributed by atoms with Crippen LogP contribution in [0.2, 0.25) is 0 Å². The molecule has 0 aliphatic heterocycles. The molecule has 0 saturated carbocycles. The van der Waals surface area contributed by atoms with Crippen LogP contribution in [0.3, 0.4) is 0 Å². The van der Waals surface area contributed by atoms with E-state index in [4.69, 9.17) is 14.7 Å². The summed E-state index contributed by atoms with van der Waals surface area (Å²) < 4.78 is 73.8. The predicted octanol–water partition coefficient (Wildman–Crippen LogP) is 3.11. The number of nitrogens with one attached hydrogen (secondary N) is 1. The van der Waals surface area contributed by atoms with Crippen LogP contribution in [0.4, 0.5) is 13.2 Å². The highest BCUT2D eigenvalue weighted by Crippen LogP contribution is 2.24. The minimum Gasteiger partial charge on any atom is -0.497 e. The van der Waals surface area contributed by atoms with Gasteiger partial charge in [0.15, 0.2) is 0 Å². The summed E-state index contributed by atoms with van der Waals surface area (Å²) in [4.78, 5) is 11.5. The van der Waals surface area contributed by atoms with Crippen molar-refractivity contribution in [3.63, 3.8) is 0 Å². The summed E-state index contributed by atoms with van der Waals surface area (Å²) in [5.41, 5.74) is 1.98. The Morgan fingerprint density at radius 3 is 2.19 bits per heavy atom. The SMILES string of the molecule is COc1ccc(CN(CC(=O)NO)S(=O)(=O)c2ccc(OCCCC(F)(F)F)cc2)cc1. The van der Waals surface area contributed by atoms with Crippen molar-refractivity contribution in [1.82, 2.24) is 9.79 Å². The van der Waals surface area contributed by atoms with Gasteiger partial charge in [-0.2, -0.15) is 17.5 Å². The average molecular weight is 476 g/mol. The third kappa shape index (κ3) is 7.70. The van der Waals surface area contributed by atoms with E-state index in [1.54, 1.807) is 24.3 Å². The van der Waals surface area contributed by atoms with Crippen LogP contribution in [0, 0.1) is 0 Å². The van der Waals surface area contributed by atoms with Gasteiger partial charge in [-0.25, -0.2) is 13.9 Å². The highest BCUT2D eigenvalue weighted by atomic mass is 32.2. The van der Waals surface area contributed by atoms with Crippen LogP contribution in [-0.4, -0.2) is 50.3 Å². The van der Waals surface area contributed by atoms with Crippen molar-refractivity contribution in [2.45, 2.75) is 30.5 Å². The molecule has 0 fully saturated rings. The van der Waals surface area contributed by atoms with Crippen LogP contribution < -0.4 is 15.0 Å². The number of hydroxylamine groups is 1. The number of hydrogen-bond acceptors (Lipinski definition) is 6. The topological polar surface area (TPSA) is 105 Å². The van der Waals surface area contributed by atoms with Crippen LogP contribution in [0.25, 0.3) is 0 Å². The van der Waals surface area contributed by atoms with Crippen molar-refractivity contribution in [1.29, 1.82) is 0 Å². The van der Waals surface area contributed by atoms with E-state index in [1.165, 1.54) is 36.9 Å². The summed E-state index contributed by atoms with van der Waals surface area (Å²) in [5, 5.41) is 8.82. The number of carbonyl (C=O) groups excluding carboxylic acids is 1. The molecule has 8 nitrogen and oxygen atoms in total. The molecule has 176 valence electrons. The van der Waals surface area contributed by atoms with E-state index in [-0.39, 0.29) is 30.2 Å². The normalized spacial score (nSPS) is 11.9. The number of nitrogens with zero attached hydrogens (tertiary/aromatic N) is 1. The number of sulfonamides is 1. The molecule has 0 aliphatic carbocycles. The number of methoxy groups -OCH3 is 1. The molecular weight excluding hydrogens is 453 g/mol. The molecule has 0 bridgehead atoms. The van der Waals surface area contributed by atoms with Gasteiger partial charge in [0.2, 0.25) is 10.0 Å². The Bertz CT molecular complexity index is 980. The van der Waals surface area contributed by atoms with Crippen molar-refractivity contribution < 1.29 is 41.1 Å². The van der Waals surface area contributed by atoms with Gasteiger partial charge in [-0.05, 0) is 48.4 Å². The minimum absolute atomic E-state index is 0.153. The number of alkyl halides is 3. The summed E-state index contributed by atoms with van der Waals surface area (Å²) in [7, 11) is -2.67. The van der Waals surface area contributed by atoms with Gasteiger partial charge in [0.25, 0.3) is 5.91 Å². The van der Waals surface area contributed by atoms with Crippen LogP contribution in [0.1, 0.15) is 18.4 Å². The van der Waals surface area contributed by atoms with E-state index in [0.717, 1.165) is 4.31 Å². The standard InChI is InChI=1S/C20H23F3N2O6S/c1-30-16-5-3-15(4-6-16)13-25(14-19(26)24-27)32(28,29)18-9-7-17(8-10-18)31-12-2-11-20(21,22)23/h3-10,27H,2,11-14H2,1H3,(H,24,26). The Morgan fingerprint density at radius 1 is 1.06 bits per heavy atom.